The van der Waals surface area contributed by atoms with Gasteiger partial charge in [-0.3, -0.25) is 4.79 Å². The Morgan fingerprint density at radius 1 is 1.53 bits per heavy atom. The number of halogens is 1. The van der Waals surface area contributed by atoms with Gasteiger partial charge >= 0.3 is 5.97 Å². The summed E-state index contributed by atoms with van der Waals surface area (Å²) >= 11 is 0. The smallest absolute Gasteiger partial charge is 0.311 e. The minimum Gasteiger partial charge on any atom is -0.481 e. The number of pyridine rings is 1. The van der Waals surface area contributed by atoms with Crippen molar-refractivity contribution in [3.8, 4) is 5.88 Å². The molecule has 4 nitrogen and oxygen atoms in total. The van der Waals surface area contributed by atoms with Gasteiger partial charge in [0.05, 0.1) is 25.8 Å². The summed E-state index contributed by atoms with van der Waals surface area (Å²) in [5.41, 5.74) is 0.297. The van der Waals surface area contributed by atoms with Gasteiger partial charge in [0, 0.05) is 6.07 Å². The standard InChI is InChI=1S/C10H12FNO3/c1-3-15-10(13)6-8-4-7(11)5-9(12-8)14-2/h4-5H,3,6H2,1-2H3. The van der Waals surface area contributed by atoms with Crippen LogP contribution in [0.4, 0.5) is 4.39 Å². The minimum atomic E-state index is -0.485. The lowest BCUT2D eigenvalue weighted by atomic mass is 10.2. The van der Waals surface area contributed by atoms with E-state index in [0.717, 1.165) is 6.07 Å². The number of hydrogen-bond donors (Lipinski definition) is 0. The van der Waals surface area contributed by atoms with Gasteiger partial charge in [0.25, 0.3) is 0 Å². The Bertz CT molecular complexity index is 355. The molecule has 0 radical (unpaired) electrons. The first-order valence-corrected chi connectivity index (χ1v) is 4.51. The fraction of sp³-hybridized carbons (Fsp3) is 0.400. The average Bonchev–Trinajstić information content (AvgIpc) is 2.17. The van der Waals surface area contributed by atoms with E-state index in [1.54, 1.807) is 6.92 Å². The molecule has 0 fully saturated rings. The first kappa shape index (κ1) is 11.4. The summed E-state index contributed by atoms with van der Waals surface area (Å²) in [7, 11) is 1.38. The van der Waals surface area contributed by atoms with E-state index in [1.807, 2.05) is 0 Å². The van der Waals surface area contributed by atoms with E-state index in [-0.39, 0.29) is 12.3 Å². The molecule has 15 heavy (non-hydrogen) atoms. The fourth-order valence-electron chi connectivity index (χ4n) is 1.08. The molecule has 1 rings (SSSR count). The first-order chi connectivity index (χ1) is 7.15. The lowest BCUT2D eigenvalue weighted by Crippen LogP contribution is -2.09. The third kappa shape index (κ3) is 3.53. The summed E-state index contributed by atoms with van der Waals surface area (Å²) in [5, 5.41) is 0. The molecule has 1 heterocycles. The first-order valence-electron chi connectivity index (χ1n) is 4.51. The van der Waals surface area contributed by atoms with Crippen LogP contribution in [0.2, 0.25) is 0 Å². The quantitative estimate of drug-likeness (QED) is 0.708. The van der Waals surface area contributed by atoms with Crippen LogP contribution < -0.4 is 4.74 Å². The van der Waals surface area contributed by atoms with Crippen molar-refractivity contribution in [2.75, 3.05) is 13.7 Å². The Balaban J connectivity index is 2.76. The van der Waals surface area contributed by atoms with Gasteiger partial charge in [-0.05, 0) is 13.0 Å². The molecule has 0 aromatic carbocycles. The molecule has 0 aliphatic heterocycles. The van der Waals surface area contributed by atoms with E-state index in [4.69, 9.17) is 9.47 Å². The zero-order chi connectivity index (χ0) is 11.3. The van der Waals surface area contributed by atoms with Crippen LogP contribution in [-0.4, -0.2) is 24.7 Å². The number of methoxy groups -OCH3 is 1. The molecule has 82 valence electrons. The summed E-state index contributed by atoms with van der Waals surface area (Å²) in [6.45, 7) is 2.00. The van der Waals surface area contributed by atoms with Crippen LogP contribution in [0.1, 0.15) is 12.6 Å². The molecule has 0 saturated carbocycles. The van der Waals surface area contributed by atoms with Gasteiger partial charge in [0.15, 0.2) is 0 Å². The largest absolute Gasteiger partial charge is 0.481 e. The number of esters is 1. The number of carbonyl (C=O) groups is 1. The molecule has 0 amide bonds. The highest BCUT2D eigenvalue weighted by Gasteiger charge is 2.08. The molecule has 1 aromatic rings. The predicted molar refractivity (Wildman–Crippen MR) is 51.1 cm³/mol. The third-order valence-electron chi connectivity index (χ3n) is 1.66. The van der Waals surface area contributed by atoms with Crippen LogP contribution in [-0.2, 0) is 16.0 Å². The molecule has 0 aliphatic carbocycles. The number of rotatable bonds is 4. The lowest BCUT2D eigenvalue weighted by molar-refractivity contribution is -0.142. The highest BCUT2D eigenvalue weighted by Crippen LogP contribution is 2.11. The van der Waals surface area contributed by atoms with E-state index < -0.39 is 11.8 Å². The maximum Gasteiger partial charge on any atom is 0.311 e. The van der Waals surface area contributed by atoms with Crippen LogP contribution in [0.15, 0.2) is 12.1 Å². The molecule has 1 aromatic heterocycles. The molecular formula is C10H12FNO3. The molecule has 0 unspecified atom stereocenters. The number of nitrogens with zero attached hydrogens (tertiary/aromatic N) is 1. The predicted octanol–water partition coefficient (Wildman–Crippen LogP) is 1.33. The van der Waals surface area contributed by atoms with Crippen molar-refractivity contribution in [2.45, 2.75) is 13.3 Å². The van der Waals surface area contributed by atoms with Gasteiger partial charge in [-0.15, -0.1) is 0 Å². The van der Waals surface area contributed by atoms with E-state index >= 15 is 0 Å². The van der Waals surface area contributed by atoms with Gasteiger partial charge in [-0.1, -0.05) is 0 Å². The van der Waals surface area contributed by atoms with Gasteiger partial charge in [0.1, 0.15) is 5.82 Å². The van der Waals surface area contributed by atoms with E-state index in [2.05, 4.69) is 4.98 Å². The highest BCUT2D eigenvalue weighted by atomic mass is 19.1. The summed E-state index contributed by atoms with van der Waals surface area (Å²) in [6.07, 6.45) is -0.0536. The molecule has 0 spiro atoms. The highest BCUT2D eigenvalue weighted by molar-refractivity contribution is 5.71. The van der Waals surface area contributed by atoms with Gasteiger partial charge in [-0.2, -0.15) is 0 Å². The molecule has 0 bridgehead atoms. The Morgan fingerprint density at radius 3 is 2.87 bits per heavy atom. The molecule has 0 atom stereocenters. The van der Waals surface area contributed by atoms with Crippen molar-refractivity contribution < 1.29 is 18.7 Å². The molecule has 0 saturated heterocycles. The summed E-state index contributed by atoms with van der Waals surface area (Å²) in [5.74, 6) is -0.770. The Labute approximate surface area is 87.0 Å². The van der Waals surface area contributed by atoms with Crippen LogP contribution in [0.5, 0.6) is 5.88 Å². The lowest BCUT2D eigenvalue weighted by Gasteiger charge is -2.04. The number of aromatic nitrogens is 1. The van der Waals surface area contributed by atoms with Crippen molar-refractivity contribution in [1.29, 1.82) is 0 Å². The second kappa shape index (κ2) is 5.29. The summed E-state index contributed by atoms with van der Waals surface area (Å²) < 4.78 is 22.5. The van der Waals surface area contributed by atoms with Crippen LogP contribution >= 0.6 is 0 Å². The minimum absolute atomic E-state index is 0.0536. The number of hydrogen-bond acceptors (Lipinski definition) is 4. The normalized spacial score (nSPS) is 9.80. The molecular weight excluding hydrogens is 201 g/mol. The molecule has 0 N–H and O–H groups in total. The third-order valence-corrected chi connectivity index (χ3v) is 1.66. The Morgan fingerprint density at radius 2 is 2.27 bits per heavy atom. The van der Waals surface area contributed by atoms with Crippen molar-refractivity contribution in [1.82, 2.24) is 4.98 Å². The Hall–Kier alpha value is -1.65. The van der Waals surface area contributed by atoms with E-state index in [0.29, 0.717) is 12.3 Å². The van der Waals surface area contributed by atoms with Crippen LogP contribution in [0.25, 0.3) is 0 Å². The maximum absolute atomic E-state index is 13.0. The van der Waals surface area contributed by atoms with Crippen LogP contribution in [0, 0.1) is 5.82 Å². The molecule has 0 aliphatic rings. The number of ether oxygens (including phenoxy) is 2. The van der Waals surface area contributed by atoms with E-state index in [9.17, 15) is 9.18 Å². The van der Waals surface area contributed by atoms with Crippen LogP contribution in [0.3, 0.4) is 0 Å². The van der Waals surface area contributed by atoms with Crippen molar-refractivity contribution in [2.24, 2.45) is 0 Å². The van der Waals surface area contributed by atoms with Crippen molar-refractivity contribution in [3.05, 3.63) is 23.6 Å². The SMILES string of the molecule is CCOC(=O)Cc1cc(F)cc(OC)n1. The zero-order valence-electron chi connectivity index (χ0n) is 8.62. The van der Waals surface area contributed by atoms with Crippen molar-refractivity contribution in [3.63, 3.8) is 0 Å². The second-order valence-corrected chi connectivity index (χ2v) is 2.80. The van der Waals surface area contributed by atoms with Gasteiger partial charge < -0.3 is 9.47 Å². The maximum atomic E-state index is 13.0. The summed E-state index contributed by atoms with van der Waals surface area (Å²) in [6, 6.07) is 2.33. The van der Waals surface area contributed by atoms with Crippen molar-refractivity contribution >= 4 is 5.97 Å². The summed E-state index contributed by atoms with van der Waals surface area (Å²) in [4.78, 5) is 15.0. The second-order valence-electron chi connectivity index (χ2n) is 2.80. The topological polar surface area (TPSA) is 48.4 Å². The monoisotopic (exact) mass is 213 g/mol. The number of carbonyl (C=O) groups excluding carboxylic acids is 1. The zero-order valence-corrected chi connectivity index (χ0v) is 8.62. The molecule has 5 heteroatoms. The fourth-order valence-corrected chi connectivity index (χ4v) is 1.08. The average molecular weight is 213 g/mol. The Kier molecular flexibility index (Phi) is 4.03. The van der Waals surface area contributed by atoms with Gasteiger partial charge in [-0.25, -0.2) is 9.37 Å². The van der Waals surface area contributed by atoms with Gasteiger partial charge in [0.2, 0.25) is 5.88 Å². The van der Waals surface area contributed by atoms with E-state index in [1.165, 1.54) is 13.2 Å².